The van der Waals surface area contributed by atoms with Crippen molar-refractivity contribution in [3.63, 3.8) is 0 Å². The minimum absolute atomic E-state index is 0.0704. The second kappa shape index (κ2) is 5.38. The summed E-state index contributed by atoms with van der Waals surface area (Å²) in [4.78, 5) is 20.6. The van der Waals surface area contributed by atoms with Crippen LogP contribution in [0.1, 0.15) is 23.8 Å². The van der Waals surface area contributed by atoms with Crippen LogP contribution in [0.4, 0.5) is 5.13 Å². The molecule has 112 valence electrons. The van der Waals surface area contributed by atoms with Crippen molar-refractivity contribution in [1.29, 1.82) is 0 Å². The average molecular weight is 314 g/mol. The van der Waals surface area contributed by atoms with Crippen molar-refractivity contribution < 1.29 is 9.52 Å². The van der Waals surface area contributed by atoms with Crippen molar-refractivity contribution in [2.24, 2.45) is 4.99 Å². The number of aryl methyl sites for hydroxylation is 2. The lowest BCUT2D eigenvalue weighted by Gasteiger charge is -2.02. The van der Waals surface area contributed by atoms with Crippen molar-refractivity contribution in [3.05, 3.63) is 51.6 Å². The fourth-order valence-corrected chi connectivity index (χ4v) is 3.18. The standard InChI is InChI=1S/C16H14N2O3S/c1-8-4-5-11-13(6-8)22-16(18-11)17-10(3)14-12(19)7-9(2)21-15(14)20/h4-7,19H,1-3H3/b17-10+. The second-order valence-corrected chi connectivity index (χ2v) is 6.08. The Morgan fingerprint density at radius 3 is 2.82 bits per heavy atom. The highest BCUT2D eigenvalue weighted by molar-refractivity contribution is 7.22. The summed E-state index contributed by atoms with van der Waals surface area (Å²) >= 11 is 1.44. The molecule has 22 heavy (non-hydrogen) atoms. The molecule has 0 saturated carbocycles. The van der Waals surface area contributed by atoms with Gasteiger partial charge in [-0.15, -0.1) is 0 Å². The molecule has 0 aliphatic rings. The summed E-state index contributed by atoms with van der Waals surface area (Å²) in [5.74, 6) is 0.224. The van der Waals surface area contributed by atoms with Crippen LogP contribution in [0.5, 0.6) is 5.75 Å². The van der Waals surface area contributed by atoms with Gasteiger partial charge in [0, 0.05) is 6.07 Å². The highest BCUT2D eigenvalue weighted by Gasteiger charge is 2.14. The highest BCUT2D eigenvalue weighted by Crippen LogP contribution is 2.29. The molecule has 6 heteroatoms. The first kappa shape index (κ1) is 14.5. The van der Waals surface area contributed by atoms with E-state index in [0.717, 1.165) is 15.8 Å². The van der Waals surface area contributed by atoms with Crippen molar-refractivity contribution in [2.75, 3.05) is 0 Å². The lowest BCUT2D eigenvalue weighted by Crippen LogP contribution is -2.12. The molecule has 0 unspecified atom stereocenters. The number of thiazole rings is 1. The van der Waals surface area contributed by atoms with Gasteiger partial charge >= 0.3 is 5.63 Å². The molecule has 2 aromatic heterocycles. The number of aliphatic imine (C=N–C) groups is 1. The molecule has 3 rings (SSSR count). The number of nitrogens with zero attached hydrogens (tertiary/aromatic N) is 2. The maximum absolute atomic E-state index is 11.9. The van der Waals surface area contributed by atoms with E-state index in [-0.39, 0.29) is 11.3 Å². The maximum atomic E-state index is 11.9. The maximum Gasteiger partial charge on any atom is 0.348 e. The summed E-state index contributed by atoms with van der Waals surface area (Å²) in [5, 5.41) is 10.5. The van der Waals surface area contributed by atoms with Gasteiger partial charge in [0.2, 0.25) is 5.13 Å². The minimum Gasteiger partial charge on any atom is -0.507 e. The number of benzene rings is 1. The van der Waals surface area contributed by atoms with Gasteiger partial charge < -0.3 is 9.52 Å². The summed E-state index contributed by atoms with van der Waals surface area (Å²) in [6.45, 7) is 5.27. The number of hydrogen-bond acceptors (Lipinski definition) is 6. The monoisotopic (exact) mass is 314 g/mol. The topological polar surface area (TPSA) is 75.7 Å². The van der Waals surface area contributed by atoms with Gasteiger partial charge in [0.1, 0.15) is 17.1 Å². The predicted octanol–water partition coefficient (Wildman–Crippen LogP) is 3.71. The van der Waals surface area contributed by atoms with E-state index in [1.54, 1.807) is 13.8 Å². The molecule has 0 fully saturated rings. The molecule has 0 bridgehead atoms. The van der Waals surface area contributed by atoms with E-state index in [0.29, 0.717) is 16.6 Å². The first-order chi connectivity index (χ1) is 10.4. The Morgan fingerprint density at radius 1 is 1.32 bits per heavy atom. The predicted molar refractivity (Wildman–Crippen MR) is 87.6 cm³/mol. The zero-order chi connectivity index (χ0) is 15.9. The Labute approximate surface area is 130 Å². The van der Waals surface area contributed by atoms with Crippen molar-refractivity contribution in [1.82, 2.24) is 4.98 Å². The normalized spacial score (nSPS) is 12.0. The molecule has 0 amide bonds. The van der Waals surface area contributed by atoms with Crippen molar-refractivity contribution in [2.45, 2.75) is 20.8 Å². The fraction of sp³-hybridized carbons (Fsp3) is 0.188. The Morgan fingerprint density at radius 2 is 2.09 bits per heavy atom. The van der Waals surface area contributed by atoms with Crippen LogP contribution in [0, 0.1) is 13.8 Å². The molecule has 3 aromatic rings. The summed E-state index contributed by atoms with van der Waals surface area (Å²) in [6, 6.07) is 7.37. The summed E-state index contributed by atoms with van der Waals surface area (Å²) in [6.07, 6.45) is 0. The molecule has 0 radical (unpaired) electrons. The molecule has 1 N–H and O–H groups in total. The van der Waals surface area contributed by atoms with Crippen LogP contribution in [-0.4, -0.2) is 15.8 Å². The van der Waals surface area contributed by atoms with Crippen LogP contribution in [0.3, 0.4) is 0 Å². The molecule has 5 nitrogen and oxygen atoms in total. The first-order valence-electron chi connectivity index (χ1n) is 6.70. The van der Waals surface area contributed by atoms with E-state index in [4.69, 9.17) is 4.42 Å². The smallest absolute Gasteiger partial charge is 0.348 e. The molecular formula is C16H14N2O3S. The summed E-state index contributed by atoms with van der Waals surface area (Å²) in [5.41, 5.74) is 1.86. The van der Waals surface area contributed by atoms with Crippen LogP contribution in [-0.2, 0) is 0 Å². The second-order valence-electron chi connectivity index (χ2n) is 5.07. The van der Waals surface area contributed by atoms with Gasteiger partial charge in [-0.3, -0.25) is 0 Å². The third kappa shape index (κ3) is 2.65. The molecule has 0 saturated heterocycles. The SMILES string of the molecule is C/C(=N\c1nc2ccc(C)cc2s1)c1c(O)cc(C)oc1=O. The van der Waals surface area contributed by atoms with Gasteiger partial charge in [0.05, 0.1) is 15.9 Å². The quantitative estimate of drug-likeness (QED) is 0.732. The molecule has 2 heterocycles. The zero-order valence-corrected chi connectivity index (χ0v) is 13.2. The van der Waals surface area contributed by atoms with E-state index >= 15 is 0 Å². The summed E-state index contributed by atoms with van der Waals surface area (Å²) < 4.78 is 6.04. The molecule has 0 spiro atoms. The number of aromatic hydroxyl groups is 1. The van der Waals surface area contributed by atoms with Crippen LogP contribution < -0.4 is 5.63 Å². The van der Waals surface area contributed by atoms with Crippen molar-refractivity contribution in [3.8, 4) is 5.75 Å². The van der Waals surface area contributed by atoms with Gasteiger partial charge in [-0.05, 0) is 38.5 Å². The van der Waals surface area contributed by atoms with E-state index < -0.39 is 5.63 Å². The highest BCUT2D eigenvalue weighted by atomic mass is 32.1. The fourth-order valence-electron chi connectivity index (χ4n) is 2.20. The largest absolute Gasteiger partial charge is 0.507 e. The van der Waals surface area contributed by atoms with Crippen LogP contribution in [0.15, 0.2) is 38.5 Å². The number of hydrogen-bond donors (Lipinski definition) is 1. The van der Waals surface area contributed by atoms with Gasteiger partial charge in [-0.1, -0.05) is 17.4 Å². The van der Waals surface area contributed by atoms with Gasteiger partial charge in [-0.25, -0.2) is 14.8 Å². The lowest BCUT2D eigenvalue weighted by molar-refractivity contribution is 0.432. The number of rotatable bonds is 2. The lowest BCUT2D eigenvalue weighted by atomic mass is 10.2. The number of aromatic nitrogens is 1. The van der Waals surface area contributed by atoms with Crippen molar-refractivity contribution >= 4 is 32.4 Å². The van der Waals surface area contributed by atoms with Gasteiger partial charge in [0.15, 0.2) is 0 Å². The van der Waals surface area contributed by atoms with Crippen LogP contribution >= 0.6 is 11.3 Å². The Bertz CT molecular complexity index is 954. The Hall–Kier alpha value is -2.47. The third-order valence-electron chi connectivity index (χ3n) is 3.21. The molecule has 0 atom stereocenters. The first-order valence-corrected chi connectivity index (χ1v) is 7.52. The molecule has 0 aliphatic carbocycles. The van der Waals surface area contributed by atoms with Crippen LogP contribution in [0.2, 0.25) is 0 Å². The minimum atomic E-state index is -0.601. The van der Waals surface area contributed by atoms with E-state index in [9.17, 15) is 9.90 Å². The van der Waals surface area contributed by atoms with Crippen LogP contribution in [0.25, 0.3) is 10.2 Å². The number of fused-ring (bicyclic) bond motifs is 1. The van der Waals surface area contributed by atoms with E-state index in [1.165, 1.54) is 17.4 Å². The van der Waals surface area contributed by atoms with E-state index in [2.05, 4.69) is 9.98 Å². The summed E-state index contributed by atoms with van der Waals surface area (Å²) in [7, 11) is 0. The molecule has 1 aromatic carbocycles. The molecule has 0 aliphatic heterocycles. The third-order valence-corrected chi connectivity index (χ3v) is 4.12. The van der Waals surface area contributed by atoms with Gasteiger partial charge in [0.25, 0.3) is 0 Å². The zero-order valence-electron chi connectivity index (χ0n) is 12.4. The Kier molecular flexibility index (Phi) is 3.54. The molecular weight excluding hydrogens is 300 g/mol. The van der Waals surface area contributed by atoms with E-state index in [1.807, 2.05) is 25.1 Å². The van der Waals surface area contributed by atoms with Gasteiger partial charge in [-0.2, -0.15) is 0 Å². The Balaban J connectivity index is 2.08. The average Bonchev–Trinajstić information content (AvgIpc) is 2.78.